The zero-order valence-corrected chi connectivity index (χ0v) is 14.8. The highest BCUT2D eigenvalue weighted by molar-refractivity contribution is 7.98. The maximum Gasteiger partial charge on any atom is 0.269 e. The largest absolute Gasteiger partial charge is 0.342 e. The van der Waals surface area contributed by atoms with Gasteiger partial charge in [-0.25, -0.2) is 0 Å². The number of nitrogens with one attached hydrogen (secondary N) is 1. The fourth-order valence-corrected chi connectivity index (χ4v) is 3.05. The van der Waals surface area contributed by atoms with Gasteiger partial charge in [-0.2, -0.15) is 11.8 Å². The first-order valence-corrected chi connectivity index (χ1v) is 9.33. The third kappa shape index (κ3) is 3.83. The van der Waals surface area contributed by atoms with Gasteiger partial charge in [0.1, 0.15) is 0 Å². The van der Waals surface area contributed by atoms with Crippen LogP contribution in [0.15, 0.2) is 48.7 Å². The Kier molecular flexibility index (Phi) is 5.47. The summed E-state index contributed by atoms with van der Waals surface area (Å²) in [5.41, 5.74) is 1.02. The Morgan fingerprint density at radius 3 is 2.73 bits per heavy atom. The highest BCUT2D eigenvalue weighted by atomic mass is 32.2. The monoisotopic (exact) mass is 371 g/mol. The molecule has 1 N–H and O–H groups in total. The standard InChI is InChI=1S/C17H17N5O3S/c1-26-11-9-14(16-20-19-15-4-2-3-10-21(15)16)18-17(23)12-5-7-13(8-6-12)22(24)25/h2-8,10,14H,9,11H2,1H3,(H,18,23). The molecule has 1 atom stereocenters. The van der Waals surface area contributed by atoms with Crippen LogP contribution in [-0.4, -0.2) is 37.4 Å². The molecule has 1 amide bonds. The molecule has 9 heteroatoms. The lowest BCUT2D eigenvalue weighted by atomic mass is 10.1. The number of thioether (sulfide) groups is 1. The number of carbonyl (C=O) groups excluding carboxylic acids is 1. The molecule has 0 spiro atoms. The van der Waals surface area contributed by atoms with Gasteiger partial charge in [0.2, 0.25) is 0 Å². The summed E-state index contributed by atoms with van der Waals surface area (Å²) >= 11 is 1.68. The van der Waals surface area contributed by atoms with Crippen molar-refractivity contribution in [3.63, 3.8) is 0 Å². The van der Waals surface area contributed by atoms with E-state index < -0.39 is 4.92 Å². The van der Waals surface area contributed by atoms with Gasteiger partial charge < -0.3 is 5.32 Å². The number of benzene rings is 1. The quantitative estimate of drug-likeness (QED) is 0.506. The van der Waals surface area contributed by atoms with Crippen LogP contribution in [0.25, 0.3) is 5.65 Å². The van der Waals surface area contributed by atoms with Crippen molar-refractivity contribution in [1.82, 2.24) is 19.9 Å². The molecule has 0 radical (unpaired) electrons. The Hall–Kier alpha value is -2.94. The van der Waals surface area contributed by atoms with E-state index in [0.717, 1.165) is 5.75 Å². The molecule has 2 heterocycles. The average Bonchev–Trinajstić information content (AvgIpc) is 3.09. The second kappa shape index (κ2) is 7.96. The molecule has 8 nitrogen and oxygen atoms in total. The molecule has 0 fully saturated rings. The Bertz CT molecular complexity index is 926. The minimum atomic E-state index is -0.495. The van der Waals surface area contributed by atoms with Gasteiger partial charge in [-0.15, -0.1) is 10.2 Å². The molecular weight excluding hydrogens is 354 g/mol. The summed E-state index contributed by atoms with van der Waals surface area (Å²) in [5.74, 6) is 1.19. The minimum Gasteiger partial charge on any atom is -0.342 e. The van der Waals surface area contributed by atoms with Crippen molar-refractivity contribution >= 4 is 29.0 Å². The number of hydrogen-bond donors (Lipinski definition) is 1. The zero-order valence-electron chi connectivity index (χ0n) is 14.0. The molecule has 0 aliphatic carbocycles. The van der Waals surface area contributed by atoms with Gasteiger partial charge >= 0.3 is 0 Å². The van der Waals surface area contributed by atoms with E-state index in [1.807, 2.05) is 35.1 Å². The second-order valence-electron chi connectivity index (χ2n) is 5.60. The van der Waals surface area contributed by atoms with E-state index in [9.17, 15) is 14.9 Å². The van der Waals surface area contributed by atoms with Crippen LogP contribution < -0.4 is 5.32 Å². The van der Waals surface area contributed by atoms with E-state index in [1.165, 1.54) is 24.3 Å². The number of carbonyl (C=O) groups is 1. The minimum absolute atomic E-state index is 0.0519. The third-order valence-electron chi connectivity index (χ3n) is 3.91. The number of fused-ring (bicyclic) bond motifs is 1. The molecule has 3 rings (SSSR count). The van der Waals surface area contributed by atoms with Crippen LogP contribution in [0.2, 0.25) is 0 Å². The van der Waals surface area contributed by atoms with Crippen LogP contribution >= 0.6 is 11.8 Å². The molecular formula is C17H17N5O3S. The molecule has 0 aliphatic rings. The third-order valence-corrected chi connectivity index (χ3v) is 4.55. The number of amides is 1. The normalized spacial score (nSPS) is 12.0. The van der Waals surface area contributed by atoms with Gasteiger partial charge in [0.05, 0.1) is 11.0 Å². The molecule has 2 aromatic heterocycles. The molecule has 26 heavy (non-hydrogen) atoms. The van der Waals surface area contributed by atoms with Gasteiger partial charge in [0.25, 0.3) is 11.6 Å². The first kappa shape index (κ1) is 17.9. The van der Waals surface area contributed by atoms with Gasteiger partial charge in [-0.05, 0) is 42.7 Å². The smallest absolute Gasteiger partial charge is 0.269 e. The van der Waals surface area contributed by atoms with Crippen molar-refractivity contribution in [3.8, 4) is 0 Å². The maximum absolute atomic E-state index is 12.6. The van der Waals surface area contributed by atoms with E-state index in [-0.39, 0.29) is 17.6 Å². The number of nitro benzene ring substituents is 1. The van der Waals surface area contributed by atoms with E-state index in [2.05, 4.69) is 15.5 Å². The van der Waals surface area contributed by atoms with Crippen molar-refractivity contribution in [1.29, 1.82) is 0 Å². The zero-order chi connectivity index (χ0) is 18.5. The molecule has 134 valence electrons. The summed E-state index contributed by atoms with van der Waals surface area (Å²) in [7, 11) is 0. The number of aromatic nitrogens is 3. The summed E-state index contributed by atoms with van der Waals surface area (Å²) in [6, 6.07) is 10.8. The predicted molar refractivity (Wildman–Crippen MR) is 99.3 cm³/mol. The summed E-state index contributed by atoms with van der Waals surface area (Å²) in [5, 5.41) is 22.1. The Labute approximate surface area is 153 Å². The highest BCUT2D eigenvalue weighted by Gasteiger charge is 2.21. The first-order chi connectivity index (χ1) is 12.6. The van der Waals surface area contributed by atoms with Gasteiger partial charge in [-0.1, -0.05) is 6.07 Å². The molecule has 1 aromatic carbocycles. The molecule has 0 aliphatic heterocycles. The van der Waals surface area contributed by atoms with Crippen molar-refractivity contribution in [2.75, 3.05) is 12.0 Å². The lowest BCUT2D eigenvalue weighted by Gasteiger charge is -2.17. The number of nitro groups is 1. The lowest BCUT2D eigenvalue weighted by Crippen LogP contribution is -2.30. The lowest BCUT2D eigenvalue weighted by molar-refractivity contribution is -0.384. The van der Waals surface area contributed by atoms with E-state index in [0.29, 0.717) is 23.5 Å². The van der Waals surface area contributed by atoms with Crippen LogP contribution in [0.4, 0.5) is 5.69 Å². The van der Waals surface area contributed by atoms with E-state index in [1.54, 1.807) is 11.8 Å². The Morgan fingerprint density at radius 2 is 2.04 bits per heavy atom. The number of non-ortho nitro benzene ring substituents is 1. The van der Waals surface area contributed by atoms with Crippen molar-refractivity contribution in [3.05, 3.63) is 70.2 Å². The predicted octanol–water partition coefficient (Wildman–Crippen LogP) is 2.86. The summed E-state index contributed by atoms with van der Waals surface area (Å²) in [6.07, 6.45) is 4.54. The summed E-state index contributed by atoms with van der Waals surface area (Å²) < 4.78 is 1.85. The number of nitrogens with zero attached hydrogens (tertiary/aromatic N) is 4. The molecule has 0 saturated carbocycles. The van der Waals surface area contributed by atoms with Crippen LogP contribution in [-0.2, 0) is 0 Å². The fourth-order valence-electron chi connectivity index (χ4n) is 2.58. The van der Waals surface area contributed by atoms with Crippen LogP contribution in [0, 0.1) is 10.1 Å². The molecule has 1 unspecified atom stereocenters. The Balaban J connectivity index is 1.84. The van der Waals surface area contributed by atoms with Gasteiger partial charge in [0.15, 0.2) is 11.5 Å². The van der Waals surface area contributed by atoms with E-state index >= 15 is 0 Å². The van der Waals surface area contributed by atoms with Crippen molar-refractivity contribution in [2.24, 2.45) is 0 Å². The number of rotatable bonds is 7. The van der Waals surface area contributed by atoms with E-state index in [4.69, 9.17) is 0 Å². The summed E-state index contributed by atoms with van der Waals surface area (Å²) in [6.45, 7) is 0. The topological polar surface area (TPSA) is 102 Å². The second-order valence-corrected chi connectivity index (χ2v) is 6.58. The number of hydrogen-bond acceptors (Lipinski definition) is 6. The SMILES string of the molecule is CSCCC(NC(=O)c1ccc([N+](=O)[O-])cc1)c1nnc2ccccn12. The maximum atomic E-state index is 12.6. The van der Waals surface area contributed by atoms with Crippen LogP contribution in [0.3, 0.4) is 0 Å². The first-order valence-electron chi connectivity index (χ1n) is 7.94. The molecule has 0 bridgehead atoms. The van der Waals surface area contributed by atoms with Gasteiger partial charge in [-0.3, -0.25) is 19.3 Å². The van der Waals surface area contributed by atoms with Crippen LogP contribution in [0.1, 0.15) is 28.6 Å². The highest BCUT2D eigenvalue weighted by Crippen LogP contribution is 2.19. The van der Waals surface area contributed by atoms with Crippen molar-refractivity contribution in [2.45, 2.75) is 12.5 Å². The molecule has 0 saturated heterocycles. The van der Waals surface area contributed by atoms with Gasteiger partial charge in [0, 0.05) is 23.9 Å². The summed E-state index contributed by atoms with van der Waals surface area (Å²) in [4.78, 5) is 22.8. The average molecular weight is 371 g/mol. The molecule has 3 aromatic rings. The Morgan fingerprint density at radius 1 is 1.27 bits per heavy atom. The van der Waals surface area contributed by atoms with Crippen LogP contribution in [0.5, 0.6) is 0 Å². The number of pyridine rings is 1. The fraction of sp³-hybridized carbons (Fsp3) is 0.235. The van der Waals surface area contributed by atoms with Crippen molar-refractivity contribution < 1.29 is 9.72 Å².